The fourth-order valence-corrected chi connectivity index (χ4v) is 1.44. The van der Waals surface area contributed by atoms with E-state index in [-0.39, 0.29) is 11.4 Å². The number of hydrogen-bond acceptors (Lipinski definition) is 4. The normalized spacial score (nSPS) is 9.75. The predicted octanol–water partition coefficient (Wildman–Crippen LogP) is 1.51. The molecule has 0 saturated heterocycles. The summed E-state index contributed by atoms with van der Waals surface area (Å²) in [7, 11) is 0. The van der Waals surface area contributed by atoms with Crippen molar-refractivity contribution >= 4 is 23.7 Å². The van der Waals surface area contributed by atoms with E-state index >= 15 is 0 Å². The minimum Gasteiger partial charge on any atom is -0.506 e. The van der Waals surface area contributed by atoms with Crippen molar-refractivity contribution in [3.8, 4) is 5.75 Å². The van der Waals surface area contributed by atoms with Gasteiger partial charge in [-0.05, 0) is 18.4 Å². The molecule has 0 aromatic heterocycles. The molecule has 0 amide bonds. The first-order valence-corrected chi connectivity index (χ1v) is 4.53. The summed E-state index contributed by atoms with van der Waals surface area (Å²) in [5.41, 5.74) is 6.14. The van der Waals surface area contributed by atoms with Gasteiger partial charge in [-0.15, -0.1) is 11.8 Å². The number of nitrogens with two attached hydrogens (primary N) is 1. The van der Waals surface area contributed by atoms with E-state index in [0.29, 0.717) is 5.56 Å². The van der Waals surface area contributed by atoms with Crippen LogP contribution in [0.4, 0.5) is 5.69 Å². The number of benzene rings is 1. The monoisotopic (exact) mass is 183 g/mol. The summed E-state index contributed by atoms with van der Waals surface area (Å²) in [4.78, 5) is 11.2. The Morgan fingerprint density at radius 1 is 1.58 bits per heavy atom. The molecule has 1 aromatic rings. The van der Waals surface area contributed by atoms with Crippen molar-refractivity contribution in [3.05, 3.63) is 17.7 Å². The molecule has 64 valence electrons. The van der Waals surface area contributed by atoms with E-state index in [1.54, 1.807) is 0 Å². The maximum atomic E-state index is 10.5. The minimum absolute atomic E-state index is 0.0185. The van der Waals surface area contributed by atoms with Crippen molar-refractivity contribution in [3.63, 3.8) is 0 Å². The van der Waals surface area contributed by atoms with Crippen LogP contribution in [0, 0.1) is 0 Å². The lowest BCUT2D eigenvalue weighted by Crippen LogP contribution is -1.91. The number of thioether (sulfide) groups is 1. The number of carbonyl (C=O) groups excluding carboxylic acids is 1. The van der Waals surface area contributed by atoms with E-state index in [2.05, 4.69) is 0 Å². The van der Waals surface area contributed by atoms with Gasteiger partial charge in [0.25, 0.3) is 0 Å². The highest BCUT2D eigenvalue weighted by molar-refractivity contribution is 7.98. The third-order valence-electron chi connectivity index (χ3n) is 1.51. The second-order valence-corrected chi connectivity index (χ2v) is 3.12. The molecule has 0 saturated carbocycles. The van der Waals surface area contributed by atoms with Gasteiger partial charge in [0.05, 0.1) is 5.69 Å². The van der Waals surface area contributed by atoms with Gasteiger partial charge in [-0.1, -0.05) is 0 Å². The molecule has 4 heteroatoms. The van der Waals surface area contributed by atoms with Crippen LogP contribution in [0.15, 0.2) is 17.0 Å². The lowest BCUT2D eigenvalue weighted by Gasteiger charge is -2.04. The molecule has 0 unspecified atom stereocenters. The first-order valence-electron chi connectivity index (χ1n) is 3.30. The summed E-state index contributed by atoms with van der Waals surface area (Å²) >= 11 is 1.40. The number of rotatable bonds is 2. The second kappa shape index (κ2) is 3.49. The van der Waals surface area contributed by atoms with Crippen LogP contribution < -0.4 is 5.73 Å². The Morgan fingerprint density at radius 3 is 2.75 bits per heavy atom. The quantitative estimate of drug-likeness (QED) is 0.316. The van der Waals surface area contributed by atoms with Gasteiger partial charge in [-0.2, -0.15) is 0 Å². The number of aromatic hydroxyl groups is 1. The van der Waals surface area contributed by atoms with E-state index in [4.69, 9.17) is 5.73 Å². The molecule has 3 N–H and O–H groups in total. The highest BCUT2D eigenvalue weighted by atomic mass is 32.2. The molecular weight excluding hydrogens is 174 g/mol. The molecule has 0 heterocycles. The maximum Gasteiger partial charge on any atom is 0.151 e. The standard InChI is InChI=1S/C8H9NO2S/c1-12-8-3-7(11)6(9)2-5(8)4-10/h2-4,11H,9H2,1H3. The van der Waals surface area contributed by atoms with Crippen molar-refractivity contribution < 1.29 is 9.90 Å². The van der Waals surface area contributed by atoms with E-state index in [1.165, 1.54) is 23.9 Å². The summed E-state index contributed by atoms with van der Waals surface area (Å²) in [5.74, 6) is 0.0185. The Bertz CT molecular complexity index is 312. The molecule has 12 heavy (non-hydrogen) atoms. The van der Waals surface area contributed by atoms with Crippen molar-refractivity contribution in [1.82, 2.24) is 0 Å². The van der Waals surface area contributed by atoms with E-state index in [1.807, 2.05) is 6.26 Å². The van der Waals surface area contributed by atoms with E-state index < -0.39 is 0 Å². The lowest BCUT2D eigenvalue weighted by atomic mass is 10.2. The van der Waals surface area contributed by atoms with Crippen LogP contribution >= 0.6 is 11.8 Å². The minimum atomic E-state index is 0.0185. The number of phenols is 1. The Labute approximate surface area is 74.6 Å². The van der Waals surface area contributed by atoms with Crippen LogP contribution in [-0.4, -0.2) is 17.6 Å². The maximum absolute atomic E-state index is 10.5. The predicted molar refractivity (Wildman–Crippen MR) is 49.7 cm³/mol. The first-order chi connectivity index (χ1) is 5.69. The summed E-state index contributed by atoms with van der Waals surface area (Å²) in [6.45, 7) is 0. The van der Waals surface area contributed by atoms with Crippen molar-refractivity contribution in [2.45, 2.75) is 4.90 Å². The molecule has 0 aliphatic rings. The highest BCUT2D eigenvalue weighted by Crippen LogP contribution is 2.29. The van der Waals surface area contributed by atoms with Gasteiger partial charge in [0, 0.05) is 10.5 Å². The van der Waals surface area contributed by atoms with Crippen LogP contribution in [0.2, 0.25) is 0 Å². The molecule has 0 radical (unpaired) electrons. The molecule has 1 rings (SSSR count). The zero-order chi connectivity index (χ0) is 9.14. The van der Waals surface area contributed by atoms with Gasteiger partial charge in [-0.3, -0.25) is 4.79 Å². The van der Waals surface area contributed by atoms with Crippen LogP contribution in [0.25, 0.3) is 0 Å². The molecule has 0 bridgehead atoms. The first kappa shape index (κ1) is 8.93. The van der Waals surface area contributed by atoms with Gasteiger partial charge in [-0.25, -0.2) is 0 Å². The summed E-state index contributed by atoms with van der Waals surface area (Å²) in [6.07, 6.45) is 2.56. The molecule has 0 spiro atoms. The van der Waals surface area contributed by atoms with Crippen LogP contribution in [-0.2, 0) is 0 Å². The van der Waals surface area contributed by atoms with E-state index in [0.717, 1.165) is 11.2 Å². The average Bonchev–Trinajstić information content (AvgIpc) is 2.09. The van der Waals surface area contributed by atoms with Crippen molar-refractivity contribution in [2.75, 3.05) is 12.0 Å². The zero-order valence-electron chi connectivity index (χ0n) is 6.57. The summed E-state index contributed by atoms with van der Waals surface area (Å²) < 4.78 is 0. The van der Waals surface area contributed by atoms with Gasteiger partial charge >= 0.3 is 0 Å². The van der Waals surface area contributed by atoms with Gasteiger partial charge in [0.1, 0.15) is 5.75 Å². The Hall–Kier alpha value is -1.16. The number of phenolic OH excluding ortho intramolecular Hbond substituents is 1. The molecular formula is C8H9NO2S. The number of nitrogen functional groups attached to an aromatic ring is 1. The number of carbonyl (C=O) groups is 1. The van der Waals surface area contributed by atoms with Crippen LogP contribution in [0.5, 0.6) is 5.75 Å². The lowest BCUT2D eigenvalue weighted by molar-refractivity contribution is 0.112. The highest BCUT2D eigenvalue weighted by Gasteiger charge is 2.04. The molecule has 0 aliphatic carbocycles. The summed E-state index contributed by atoms with van der Waals surface area (Å²) in [6, 6.07) is 2.96. The topological polar surface area (TPSA) is 63.3 Å². The van der Waals surface area contributed by atoms with Gasteiger partial charge < -0.3 is 10.8 Å². The number of aldehydes is 1. The van der Waals surface area contributed by atoms with Gasteiger partial charge in [0.15, 0.2) is 6.29 Å². The molecule has 3 nitrogen and oxygen atoms in total. The van der Waals surface area contributed by atoms with E-state index in [9.17, 15) is 9.90 Å². The zero-order valence-corrected chi connectivity index (χ0v) is 7.39. The fourth-order valence-electron chi connectivity index (χ4n) is 0.872. The van der Waals surface area contributed by atoms with Gasteiger partial charge in [0.2, 0.25) is 0 Å². The third-order valence-corrected chi connectivity index (χ3v) is 2.30. The largest absolute Gasteiger partial charge is 0.506 e. The Balaban J connectivity index is 3.28. The fraction of sp³-hybridized carbons (Fsp3) is 0.125. The molecule has 0 atom stereocenters. The van der Waals surface area contributed by atoms with Crippen molar-refractivity contribution in [2.24, 2.45) is 0 Å². The smallest absolute Gasteiger partial charge is 0.151 e. The van der Waals surface area contributed by atoms with Crippen molar-refractivity contribution in [1.29, 1.82) is 0 Å². The third kappa shape index (κ3) is 1.53. The van der Waals surface area contributed by atoms with Crippen LogP contribution in [0.3, 0.4) is 0 Å². The second-order valence-electron chi connectivity index (χ2n) is 2.27. The summed E-state index contributed by atoms with van der Waals surface area (Å²) in [5, 5.41) is 9.20. The average molecular weight is 183 g/mol. The Morgan fingerprint density at radius 2 is 2.25 bits per heavy atom. The SMILES string of the molecule is CSc1cc(O)c(N)cc1C=O. The molecule has 1 aromatic carbocycles. The van der Waals surface area contributed by atoms with Crippen LogP contribution in [0.1, 0.15) is 10.4 Å². The molecule has 0 fully saturated rings. The number of hydrogen-bond donors (Lipinski definition) is 2. The Kier molecular flexibility index (Phi) is 2.60. The molecule has 0 aliphatic heterocycles. The number of anilines is 1.